The van der Waals surface area contributed by atoms with Crippen LogP contribution in [-0.4, -0.2) is 16.7 Å². The van der Waals surface area contributed by atoms with Gasteiger partial charge in [0.05, 0.1) is 13.7 Å². The van der Waals surface area contributed by atoms with Gasteiger partial charge in [0.1, 0.15) is 0 Å². The number of halogens is 1. The van der Waals surface area contributed by atoms with Crippen molar-refractivity contribution in [3.8, 4) is 5.88 Å². The topological polar surface area (TPSA) is 27.1 Å². The van der Waals surface area contributed by atoms with E-state index in [4.69, 9.17) is 16.3 Å². The van der Waals surface area contributed by atoms with E-state index in [2.05, 4.69) is 15.6 Å². The SMILES string of the molecule is COc1ncccc1Cn1ccc2ccc(Cl)cc21. The lowest BCUT2D eigenvalue weighted by Crippen LogP contribution is -2.01. The van der Waals surface area contributed by atoms with Crippen molar-refractivity contribution in [1.29, 1.82) is 0 Å². The third kappa shape index (κ3) is 2.29. The molecule has 1 aromatic carbocycles. The lowest BCUT2D eigenvalue weighted by Gasteiger charge is -2.09. The normalized spacial score (nSPS) is 10.8. The molecule has 0 aliphatic rings. The van der Waals surface area contributed by atoms with E-state index in [9.17, 15) is 0 Å². The van der Waals surface area contributed by atoms with Crippen molar-refractivity contribution in [1.82, 2.24) is 9.55 Å². The predicted molar refractivity (Wildman–Crippen MR) is 76.8 cm³/mol. The Morgan fingerprint density at radius 2 is 2.16 bits per heavy atom. The first-order chi connectivity index (χ1) is 9.28. The van der Waals surface area contributed by atoms with Crippen LogP contribution in [0, 0.1) is 0 Å². The van der Waals surface area contributed by atoms with Gasteiger partial charge in [-0.05, 0) is 29.7 Å². The van der Waals surface area contributed by atoms with Crippen molar-refractivity contribution in [3.63, 3.8) is 0 Å². The first-order valence-corrected chi connectivity index (χ1v) is 6.38. The zero-order valence-electron chi connectivity index (χ0n) is 10.5. The summed E-state index contributed by atoms with van der Waals surface area (Å²) in [6, 6.07) is 11.9. The van der Waals surface area contributed by atoms with Crippen LogP contribution in [0.25, 0.3) is 10.9 Å². The highest BCUT2D eigenvalue weighted by molar-refractivity contribution is 6.31. The molecule has 0 radical (unpaired) electrons. The lowest BCUT2D eigenvalue weighted by atomic mass is 10.2. The summed E-state index contributed by atoms with van der Waals surface area (Å²) in [4.78, 5) is 4.21. The maximum atomic E-state index is 6.06. The van der Waals surface area contributed by atoms with Gasteiger partial charge in [-0.3, -0.25) is 0 Å². The van der Waals surface area contributed by atoms with Crippen molar-refractivity contribution < 1.29 is 4.74 Å². The molecule has 0 aliphatic carbocycles. The average Bonchev–Trinajstić information content (AvgIpc) is 2.82. The van der Waals surface area contributed by atoms with Gasteiger partial charge < -0.3 is 9.30 Å². The Hall–Kier alpha value is -2.00. The third-order valence-electron chi connectivity index (χ3n) is 3.12. The molecule has 2 aromatic heterocycles. The number of aromatic nitrogens is 2. The molecule has 0 N–H and O–H groups in total. The Balaban J connectivity index is 2.03. The number of hydrogen-bond donors (Lipinski definition) is 0. The van der Waals surface area contributed by atoms with Gasteiger partial charge in [-0.2, -0.15) is 0 Å². The number of pyridine rings is 1. The van der Waals surface area contributed by atoms with Gasteiger partial charge in [-0.1, -0.05) is 23.7 Å². The summed E-state index contributed by atoms with van der Waals surface area (Å²) in [5.41, 5.74) is 2.15. The fourth-order valence-electron chi connectivity index (χ4n) is 2.21. The first kappa shape index (κ1) is 12.1. The Kier molecular flexibility index (Phi) is 3.13. The highest BCUT2D eigenvalue weighted by atomic mass is 35.5. The summed E-state index contributed by atoms with van der Waals surface area (Å²) in [5, 5.41) is 1.91. The van der Waals surface area contributed by atoms with E-state index in [1.807, 2.05) is 36.5 Å². The van der Waals surface area contributed by atoms with E-state index in [1.54, 1.807) is 13.3 Å². The van der Waals surface area contributed by atoms with Crippen LogP contribution < -0.4 is 4.74 Å². The maximum Gasteiger partial charge on any atom is 0.218 e. The largest absolute Gasteiger partial charge is 0.481 e. The van der Waals surface area contributed by atoms with Gasteiger partial charge in [0.25, 0.3) is 0 Å². The maximum absolute atomic E-state index is 6.06. The molecule has 3 rings (SSSR count). The van der Waals surface area contributed by atoms with Gasteiger partial charge >= 0.3 is 0 Å². The Morgan fingerprint density at radius 3 is 3.00 bits per heavy atom. The van der Waals surface area contributed by atoms with Crippen LogP contribution in [0.5, 0.6) is 5.88 Å². The lowest BCUT2D eigenvalue weighted by molar-refractivity contribution is 0.391. The van der Waals surface area contributed by atoms with Crippen LogP contribution >= 0.6 is 11.6 Å². The number of methoxy groups -OCH3 is 1. The number of fused-ring (bicyclic) bond motifs is 1. The molecule has 0 amide bonds. The van der Waals surface area contributed by atoms with E-state index in [-0.39, 0.29) is 0 Å². The molecule has 0 saturated heterocycles. The number of hydrogen-bond acceptors (Lipinski definition) is 2. The third-order valence-corrected chi connectivity index (χ3v) is 3.36. The second-order valence-corrected chi connectivity index (χ2v) is 4.76. The Bertz CT molecular complexity index is 721. The van der Waals surface area contributed by atoms with Gasteiger partial charge in [0.15, 0.2) is 0 Å². The summed E-state index contributed by atoms with van der Waals surface area (Å²) in [6.45, 7) is 0.709. The number of benzene rings is 1. The molecule has 3 nitrogen and oxygen atoms in total. The molecule has 0 spiro atoms. The van der Waals surface area contributed by atoms with Crippen LogP contribution in [0.15, 0.2) is 48.8 Å². The summed E-state index contributed by atoms with van der Waals surface area (Å²) in [7, 11) is 1.64. The molecule has 0 fully saturated rings. The van der Waals surface area contributed by atoms with Gasteiger partial charge in [0.2, 0.25) is 5.88 Å². The molecule has 96 valence electrons. The summed E-state index contributed by atoms with van der Waals surface area (Å²) < 4.78 is 7.42. The van der Waals surface area contributed by atoms with Crippen molar-refractivity contribution in [2.45, 2.75) is 6.54 Å². The van der Waals surface area contributed by atoms with E-state index in [0.717, 1.165) is 16.1 Å². The molecular formula is C15H13ClN2O. The number of rotatable bonds is 3. The summed E-state index contributed by atoms with van der Waals surface area (Å²) in [6.07, 6.45) is 3.78. The fourth-order valence-corrected chi connectivity index (χ4v) is 2.37. The molecular weight excluding hydrogens is 260 g/mol. The predicted octanol–water partition coefficient (Wildman–Crippen LogP) is 3.75. The van der Waals surface area contributed by atoms with Crippen molar-refractivity contribution in [3.05, 3.63) is 59.4 Å². The Morgan fingerprint density at radius 1 is 1.26 bits per heavy atom. The van der Waals surface area contributed by atoms with Crippen LogP contribution in [0.4, 0.5) is 0 Å². The zero-order chi connectivity index (χ0) is 13.2. The molecule has 3 aromatic rings. The second kappa shape index (κ2) is 4.94. The molecule has 0 atom stereocenters. The van der Waals surface area contributed by atoms with Gasteiger partial charge in [-0.15, -0.1) is 0 Å². The molecule has 0 aliphatic heterocycles. The van der Waals surface area contributed by atoms with Crippen LogP contribution in [-0.2, 0) is 6.54 Å². The van der Waals surface area contributed by atoms with Crippen molar-refractivity contribution >= 4 is 22.5 Å². The van der Waals surface area contributed by atoms with Gasteiger partial charge in [-0.25, -0.2) is 4.98 Å². The minimum Gasteiger partial charge on any atom is -0.481 e. The Labute approximate surface area is 116 Å². The monoisotopic (exact) mass is 272 g/mol. The summed E-state index contributed by atoms with van der Waals surface area (Å²) in [5.74, 6) is 0.659. The molecule has 0 saturated carbocycles. The number of nitrogens with zero attached hydrogens (tertiary/aromatic N) is 2. The molecule has 0 bridgehead atoms. The molecule has 2 heterocycles. The first-order valence-electron chi connectivity index (χ1n) is 6.00. The average molecular weight is 273 g/mol. The minimum atomic E-state index is 0.659. The van der Waals surface area contributed by atoms with Crippen molar-refractivity contribution in [2.75, 3.05) is 7.11 Å². The fraction of sp³-hybridized carbons (Fsp3) is 0.133. The second-order valence-electron chi connectivity index (χ2n) is 4.32. The minimum absolute atomic E-state index is 0.659. The summed E-state index contributed by atoms with van der Waals surface area (Å²) >= 11 is 6.06. The molecule has 0 unspecified atom stereocenters. The van der Waals surface area contributed by atoms with E-state index >= 15 is 0 Å². The van der Waals surface area contributed by atoms with Crippen LogP contribution in [0.2, 0.25) is 5.02 Å². The highest BCUT2D eigenvalue weighted by Crippen LogP contribution is 2.23. The molecule has 4 heteroatoms. The standard InChI is InChI=1S/C15H13ClN2O/c1-19-15-12(3-2-7-17-15)10-18-8-6-11-4-5-13(16)9-14(11)18/h2-9H,10H2,1H3. The smallest absolute Gasteiger partial charge is 0.218 e. The zero-order valence-corrected chi connectivity index (χ0v) is 11.3. The highest BCUT2D eigenvalue weighted by Gasteiger charge is 2.07. The van der Waals surface area contributed by atoms with E-state index in [0.29, 0.717) is 12.4 Å². The van der Waals surface area contributed by atoms with Crippen LogP contribution in [0.1, 0.15) is 5.56 Å². The van der Waals surface area contributed by atoms with E-state index in [1.165, 1.54) is 5.39 Å². The van der Waals surface area contributed by atoms with Crippen molar-refractivity contribution in [2.24, 2.45) is 0 Å². The van der Waals surface area contributed by atoms with Crippen LogP contribution in [0.3, 0.4) is 0 Å². The quantitative estimate of drug-likeness (QED) is 0.726. The number of ether oxygens (including phenoxy) is 1. The van der Waals surface area contributed by atoms with Gasteiger partial charge in [0, 0.05) is 28.5 Å². The molecule has 19 heavy (non-hydrogen) atoms. The van der Waals surface area contributed by atoms with E-state index < -0.39 is 0 Å².